The van der Waals surface area contributed by atoms with E-state index in [0.717, 1.165) is 17.2 Å². The number of H-pyrrole nitrogens is 2. The van der Waals surface area contributed by atoms with Crippen LogP contribution >= 0.6 is 0 Å². The second kappa shape index (κ2) is 7.22. The van der Waals surface area contributed by atoms with Crippen molar-refractivity contribution in [3.63, 3.8) is 0 Å². The van der Waals surface area contributed by atoms with E-state index in [1.54, 1.807) is 20.0 Å². The molecule has 1 unspecified atom stereocenters. The van der Waals surface area contributed by atoms with Crippen molar-refractivity contribution in [2.45, 2.75) is 32.5 Å². The van der Waals surface area contributed by atoms with Gasteiger partial charge in [0, 0.05) is 18.8 Å². The molecular weight excluding hydrogens is 361 g/mol. The number of hydrogen-bond acceptors (Lipinski definition) is 4. The van der Waals surface area contributed by atoms with Gasteiger partial charge in [0.25, 0.3) is 5.91 Å². The number of rotatable bonds is 5. The van der Waals surface area contributed by atoms with Gasteiger partial charge in [-0.2, -0.15) is 18.3 Å². The van der Waals surface area contributed by atoms with Crippen molar-refractivity contribution < 1.29 is 18.0 Å². The van der Waals surface area contributed by atoms with Crippen molar-refractivity contribution in [3.05, 3.63) is 64.8 Å². The van der Waals surface area contributed by atoms with Crippen LogP contribution in [-0.2, 0) is 12.6 Å². The molecule has 3 heterocycles. The third kappa shape index (κ3) is 4.15. The van der Waals surface area contributed by atoms with E-state index in [4.69, 9.17) is 0 Å². The Morgan fingerprint density at radius 1 is 1.30 bits per heavy atom. The number of alkyl halides is 3. The second-order valence-electron chi connectivity index (χ2n) is 6.11. The van der Waals surface area contributed by atoms with Gasteiger partial charge in [-0.25, -0.2) is 4.98 Å². The molecule has 7 nitrogen and oxygen atoms in total. The molecular formula is C17H17F3N6O. The van der Waals surface area contributed by atoms with Gasteiger partial charge < -0.3 is 10.3 Å². The van der Waals surface area contributed by atoms with Crippen LogP contribution in [0.4, 0.5) is 13.2 Å². The van der Waals surface area contributed by atoms with E-state index in [2.05, 4.69) is 30.5 Å². The van der Waals surface area contributed by atoms with Gasteiger partial charge in [-0.05, 0) is 36.6 Å². The average molecular weight is 378 g/mol. The van der Waals surface area contributed by atoms with Crippen molar-refractivity contribution in [2.24, 2.45) is 0 Å². The Bertz CT molecular complexity index is 915. The lowest BCUT2D eigenvalue weighted by Gasteiger charge is -2.11. The molecule has 1 atom stereocenters. The number of pyridine rings is 1. The predicted molar refractivity (Wildman–Crippen MR) is 89.8 cm³/mol. The van der Waals surface area contributed by atoms with Crippen LogP contribution < -0.4 is 5.32 Å². The molecule has 0 saturated heterocycles. The summed E-state index contributed by atoms with van der Waals surface area (Å²) in [6, 6.07) is 1.98. The number of carbonyl (C=O) groups excluding carboxylic acids is 1. The van der Waals surface area contributed by atoms with E-state index < -0.39 is 11.9 Å². The third-order valence-corrected chi connectivity index (χ3v) is 4.18. The zero-order chi connectivity index (χ0) is 19.6. The minimum Gasteiger partial charge on any atom is -0.357 e. The fraction of sp³-hybridized carbons (Fsp3) is 0.294. The smallest absolute Gasteiger partial charge is 0.357 e. The molecule has 0 fully saturated rings. The van der Waals surface area contributed by atoms with Gasteiger partial charge in [-0.1, -0.05) is 6.07 Å². The van der Waals surface area contributed by atoms with Gasteiger partial charge in [0.2, 0.25) is 0 Å². The first-order chi connectivity index (χ1) is 12.8. The summed E-state index contributed by atoms with van der Waals surface area (Å²) in [5, 5.41) is 9.23. The van der Waals surface area contributed by atoms with Crippen LogP contribution in [-0.4, -0.2) is 31.1 Å². The van der Waals surface area contributed by atoms with E-state index in [9.17, 15) is 18.0 Å². The molecule has 0 spiro atoms. The van der Waals surface area contributed by atoms with Gasteiger partial charge in [0.05, 0.1) is 6.04 Å². The van der Waals surface area contributed by atoms with Crippen LogP contribution in [0.25, 0.3) is 0 Å². The molecule has 27 heavy (non-hydrogen) atoms. The van der Waals surface area contributed by atoms with E-state index in [-0.39, 0.29) is 11.9 Å². The lowest BCUT2D eigenvalue weighted by molar-refractivity contribution is -0.141. The van der Waals surface area contributed by atoms with Crippen LogP contribution in [0.5, 0.6) is 0 Å². The van der Waals surface area contributed by atoms with Gasteiger partial charge in [0.1, 0.15) is 23.5 Å². The molecule has 3 N–H and O–H groups in total. The van der Waals surface area contributed by atoms with Gasteiger partial charge >= 0.3 is 6.18 Å². The van der Waals surface area contributed by atoms with Crippen molar-refractivity contribution in [3.8, 4) is 0 Å². The number of aromatic nitrogens is 5. The predicted octanol–water partition coefficient (Wildman–Crippen LogP) is 2.94. The topological polar surface area (TPSA) is 99.3 Å². The van der Waals surface area contributed by atoms with Crippen LogP contribution in [0, 0.1) is 6.92 Å². The Morgan fingerprint density at radius 2 is 2.07 bits per heavy atom. The Balaban J connectivity index is 1.70. The summed E-state index contributed by atoms with van der Waals surface area (Å²) in [6.07, 6.45) is 0.114. The minimum absolute atomic E-state index is 0.312. The van der Waals surface area contributed by atoms with Crippen molar-refractivity contribution in [1.29, 1.82) is 0 Å². The largest absolute Gasteiger partial charge is 0.433 e. The van der Waals surface area contributed by atoms with Crippen molar-refractivity contribution >= 4 is 5.91 Å². The molecule has 0 aromatic carbocycles. The SMILES string of the molecule is Cc1c(Cc2ccc(C(F)(F)F)nc2)c[nH]c1C(=O)NC(C)c1ncn[nH]1. The summed E-state index contributed by atoms with van der Waals surface area (Å²) in [4.78, 5) is 22.8. The first-order valence-electron chi connectivity index (χ1n) is 8.11. The Kier molecular flexibility index (Phi) is 4.98. The van der Waals surface area contributed by atoms with E-state index in [1.807, 2.05) is 0 Å². The van der Waals surface area contributed by atoms with Crippen LogP contribution in [0.1, 0.15) is 51.7 Å². The second-order valence-corrected chi connectivity index (χ2v) is 6.11. The molecule has 10 heteroatoms. The van der Waals surface area contributed by atoms with E-state index in [1.165, 1.54) is 18.6 Å². The molecule has 0 saturated carbocycles. The number of amides is 1. The van der Waals surface area contributed by atoms with Crippen molar-refractivity contribution in [2.75, 3.05) is 0 Å². The average Bonchev–Trinajstić information content (AvgIpc) is 3.25. The highest BCUT2D eigenvalue weighted by molar-refractivity contribution is 5.94. The number of hydrogen-bond donors (Lipinski definition) is 3. The number of halogens is 3. The Labute approximate surface area is 152 Å². The number of carbonyl (C=O) groups is 1. The van der Waals surface area contributed by atoms with Crippen molar-refractivity contribution in [1.82, 2.24) is 30.5 Å². The lowest BCUT2D eigenvalue weighted by Crippen LogP contribution is -2.28. The molecule has 0 aliphatic heterocycles. The molecule has 0 bridgehead atoms. The van der Waals surface area contributed by atoms with Crippen LogP contribution in [0.3, 0.4) is 0 Å². The highest BCUT2D eigenvalue weighted by Gasteiger charge is 2.32. The first kappa shape index (κ1) is 18.6. The monoisotopic (exact) mass is 378 g/mol. The number of nitrogens with one attached hydrogen (secondary N) is 3. The zero-order valence-electron chi connectivity index (χ0n) is 14.6. The fourth-order valence-corrected chi connectivity index (χ4v) is 2.63. The summed E-state index contributed by atoms with van der Waals surface area (Å²) in [5.41, 5.74) is 1.59. The van der Waals surface area contributed by atoms with Crippen LogP contribution in [0.15, 0.2) is 30.9 Å². The Morgan fingerprint density at radius 3 is 2.67 bits per heavy atom. The number of nitrogens with zero attached hydrogens (tertiary/aromatic N) is 3. The fourth-order valence-electron chi connectivity index (χ4n) is 2.63. The molecule has 0 aliphatic carbocycles. The molecule has 142 valence electrons. The molecule has 0 radical (unpaired) electrons. The summed E-state index contributed by atoms with van der Waals surface area (Å²) in [7, 11) is 0. The normalized spacial score (nSPS) is 12.8. The highest BCUT2D eigenvalue weighted by Crippen LogP contribution is 2.27. The Hall–Kier alpha value is -3.17. The summed E-state index contributed by atoms with van der Waals surface area (Å²) in [6.45, 7) is 3.54. The molecule has 3 aromatic rings. The first-order valence-corrected chi connectivity index (χ1v) is 8.11. The molecule has 3 aromatic heterocycles. The third-order valence-electron chi connectivity index (χ3n) is 4.18. The molecule has 0 aliphatic rings. The minimum atomic E-state index is -4.46. The summed E-state index contributed by atoms with van der Waals surface area (Å²) in [5.74, 6) is 0.219. The highest BCUT2D eigenvalue weighted by atomic mass is 19.4. The maximum atomic E-state index is 12.6. The van der Waals surface area contributed by atoms with Gasteiger partial charge in [-0.3, -0.25) is 14.9 Å². The lowest BCUT2D eigenvalue weighted by atomic mass is 10.0. The van der Waals surface area contributed by atoms with Gasteiger partial charge in [0.15, 0.2) is 0 Å². The quantitative estimate of drug-likeness (QED) is 0.636. The summed E-state index contributed by atoms with van der Waals surface area (Å²) < 4.78 is 37.8. The maximum Gasteiger partial charge on any atom is 0.433 e. The number of aromatic amines is 2. The molecule has 3 rings (SSSR count). The zero-order valence-corrected chi connectivity index (χ0v) is 14.6. The molecule has 1 amide bonds. The standard InChI is InChI=1S/C17H17F3N6O/c1-9-12(5-11-3-4-13(21-6-11)17(18,19)20)7-22-14(9)16(27)25-10(2)15-23-8-24-26-15/h3-4,6-8,10,22H,5H2,1-2H3,(H,25,27)(H,23,24,26). The van der Waals surface area contributed by atoms with Crippen LogP contribution in [0.2, 0.25) is 0 Å². The van der Waals surface area contributed by atoms with Gasteiger partial charge in [-0.15, -0.1) is 0 Å². The summed E-state index contributed by atoms with van der Waals surface area (Å²) >= 11 is 0. The maximum absolute atomic E-state index is 12.6. The van der Waals surface area contributed by atoms with E-state index in [0.29, 0.717) is 23.5 Å². The van der Waals surface area contributed by atoms with E-state index >= 15 is 0 Å².